The molecule has 2 rings (SSSR count). The van der Waals surface area contributed by atoms with Crippen molar-refractivity contribution in [3.63, 3.8) is 0 Å². The molecule has 0 radical (unpaired) electrons. The Kier molecular flexibility index (Phi) is 7.67. The molecule has 0 bridgehead atoms. The lowest BCUT2D eigenvalue weighted by atomic mass is 9.84. The van der Waals surface area contributed by atoms with Gasteiger partial charge in [-0.05, 0) is 72.3 Å². The van der Waals surface area contributed by atoms with E-state index in [0.29, 0.717) is 19.5 Å². The van der Waals surface area contributed by atoms with Gasteiger partial charge < -0.3 is 14.4 Å². The van der Waals surface area contributed by atoms with Crippen LogP contribution in [0.5, 0.6) is 0 Å². The minimum absolute atomic E-state index is 0.256. The van der Waals surface area contributed by atoms with Gasteiger partial charge in [-0.25, -0.2) is 4.79 Å². The van der Waals surface area contributed by atoms with Crippen LogP contribution in [-0.4, -0.2) is 41.6 Å². The standard InChI is InChI=1S/C24H35NO5/c1-23(2,3)21(27)29-20(26)19(18-10-8-7-9-11-18)16-17-12-14-25(15-13-17)22(28)30-24(4,5)6/h7-11,17,19H,12-16H2,1-6H3. The molecule has 166 valence electrons. The van der Waals surface area contributed by atoms with Crippen LogP contribution in [0.1, 0.15) is 72.3 Å². The average Bonchev–Trinajstić information content (AvgIpc) is 2.65. The molecule has 0 saturated carbocycles. The summed E-state index contributed by atoms with van der Waals surface area (Å²) in [5, 5.41) is 0. The summed E-state index contributed by atoms with van der Waals surface area (Å²) in [6, 6.07) is 9.44. The molecule has 1 atom stereocenters. The largest absolute Gasteiger partial charge is 0.444 e. The maximum atomic E-state index is 12.9. The number of hydrogen-bond donors (Lipinski definition) is 0. The first kappa shape index (κ1) is 23.9. The number of carbonyl (C=O) groups excluding carboxylic acids is 3. The summed E-state index contributed by atoms with van der Waals surface area (Å²) >= 11 is 0. The second kappa shape index (κ2) is 9.63. The molecule has 1 aliphatic heterocycles. The molecule has 0 aliphatic carbocycles. The Hall–Kier alpha value is -2.37. The van der Waals surface area contributed by atoms with Gasteiger partial charge in [0.1, 0.15) is 5.60 Å². The van der Waals surface area contributed by atoms with Crippen molar-refractivity contribution in [3.8, 4) is 0 Å². The Labute approximate surface area is 179 Å². The Morgan fingerprint density at radius 1 is 1.00 bits per heavy atom. The molecular formula is C24H35NO5. The Morgan fingerprint density at radius 2 is 1.57 bits per heavy atom. The zero-order chi connectivity index (χ0) is 22.5. The first-order chi connectivity index (χ1) is 13.9. The van der Waals surface area contributed by atoms with E-state index in [0.717, 1.165) is 18.4 Å². The first-order valence-corrected chi connectivity index (χ1v) is 10.7. The Bertz CT molecular complexity index is 737. The van der Waals surface area contributed by atoms with Crippen LogP contribution in [0.4, 0.5) is 4.79 Å². The van der Waals surface area contributed by atoms with E-state index in [9.17, 15) is 14.4 Å². The van der Waals surface area contributed by atoms with Gasteiger partial charge in [0.2, 0.25) is 0 Å². The SMILES string of the molecule is CC(C)(C)OC(=O)N1CCC(CC(C(=O)OC(=O)C(C)(C)C)c2ccccc2)CC1. The van der Waals surface area contributed by atoms with Gasteiger partial charge in [0, 0.05) is 13.1 Å². The number of esters is 2. The van der Waals surface area contributed by atoms with E-state index < -0.39 is 28.9 Å². The van der Waals surface area contributed by atoms with E-state index in [1.165, 1.54) is 0 Å². The number of ether oxygens (including phenoxy) is 2. The van der Waals surface area contributed by atoms with E-state index in [-0.39, 0.29) is 12.0 Å². The monoisotopic (exact) mass is 417 g/mol. The number of benzene rings is 1. The van der Waals surface area contributed by atoms with Crippen LogP contribution in [0.2, 0.25) is 0 Å². The quantitative estimate of drug-likeness (QED) is 0.513. The fraction of sp³-hybridized carbons (Fsp3) is 0.625. The maximum Gasteiger partial charge on any atom is 0.410 e. The van der Waals surface area contributed by atoms with Gasteiger partial charge >= 0.3 is 18.0 Å². The van der Waals surface area contributed by atoms with Gasteiger partial charge in [0.15, 0.2) is 0 Å². The minimum Gasteiger partial charge on any atom is -0.444 e. The molecule has 1 heterocycles. The highest BCUT2D eigenvalue weighted by molar-refractivity contribution is 5.91. The summed E-state index contributed by atoms with van der Waals surface area (Å²) in [6.07, 6.45) is 1.85. The number of rotatable bonds is 4. The second-order valence-corrected chi connectivity index (χ2v) is 10.1. The molecule has 30 heavy (non-hydrogen) atoms. The summed E-state index contributed by atoms with van der Waals surface area (Å²) in [5.74, 6) is -1.27. The highest BCUT2D eigenvalue weighted by atomic mass is 16.6. The Morgan fingerprint density at radius 3 is 2.07 bits per heavy atom. The van der Waals surface area contributed by atoms with Crippen molar-refractivity contribution in [2.45, 2.75) is 72.3 Å². The zero-order valence-corrected chi connectivity index (χ0v) is 19.1. The molecule has 0 aromatic heterocycles. The van der Waals surface area contributed by atoms with Crippen LogP contribution in [0.3, 0.4) is 0 Å². The van der Waals surface area contributed by atoms with Crippen molar-refractivity contribution in [3.05, 3.63) is 35.9 Å². The molecule has 1 aromatic rings. The van der Waals surface area contributed by atoms with Crippen molar-refractivity contribution >= 4 is 18.0 Å². The van der Waals surface area contributed by atoms with Gasteiger partial charge in [0.25, 0.3) is 0 Å². The highest BCUT2D eigenvalue weighted by Gasteiger charge is 2.34. The van der Waals surface area contributed by atoms with Gasteiger partial charge in [-0.1, -0.05) is 30.3 Å². The molecule has 1 saturated heterocycles. The summed E-state index contributed by atoms with van der Waals surface area (Å²) in [6.45, 7) is 11.9. The number of carbonyl (C=O) groups is 3. The highest BCUT2D eigenvalue weighted by Crippen LogP contribution is 2.32. The molecule has 1 aromatic carbocycles. The van der Waals surface area contributed by atoms with Crippen molar-refractivity contribution in [1.82, 2.24) is 4.90 Å². The van der Waals surface area contributed by atoms with Gasteiger partial charge in [0.05, 0.1) is 11.3 Å². The molecule has 1 aliphatic rings. The third-order valence-electron chi connectivity index (χ3n) is 5.13. The van der Waals surface area contributed by atoms with E-state index >= 15 is 0 Å². The zero-order valence-electron chi connectivity index (χ0n) is 19.1. The normalized spacial score (nSPS) is 16.7. The van der Waals surface area contributed by atoms with E-state index in [2.05, 4.69) is 0 Å². The first-order valence-electron chi connectivity index (χ1n) is 10.7. The lowest BCUT2D eigenvalue weighted by molar-refractivity contribution is -0.167. The lowest BCUT2D eigenvalue weighted by Gasteiger charge is -2.34. The second-order valence-electron chi connectivity index (χ2n) is 10.1. The van der Waals surface area contributed by atoms with Crippen LogP contribution in [0, 0.1) is 11.3 Å². The van der Waals surface area contributed by atoms with Crippen LogP contribution in [-0.2, 0) is 19.1 Å². The van der Waals surface area contributed by atoms with Crippen LogP contribution < -0.4 is 0 Å². The summed E-state index contributed by atoms with van der Waals surface area (Å²) < 4.78 is 10.7. The lowest BCUT2D eigenvalue weighted by Crippen LogP contribution is -2.42. The van der Waals surface area contributed by atoms with Crippen LogP contribution >= 0.6 is 0 Å². The van der Waals surface area contributed by atoms with Crippen LogP contribution in [0.15, 0.2) is 30.3 Å². The number of amides is 1. The number of nitrogens with zero attached hydrogens (tertiary/aromatic N) is 1. The smallest absolute Gasteiger partial charge is 0.410 e. The van der Waals surface area contributed by atoms with E-state index in [1.54, 1.807) is 25.7 Å². The molecule has 1 fully saturated rings. The maximum absolute atomic E-state index is 12.9. The van der Waals surface area contributed by atoms with Gasteiger partial charge in [-0.3, -0.25) is 9.59 Å². The molecule has 1 unspecified atom stereocenters. The minimum atomic E-state index is -0.740. The van der Waals surface area contributed by atoms with Crippen molar-refractivity contribution < 1.29 is 23.9 Å². The number of likely N-dealkylation sites (tertiary alicyclic amines) is 1. The molecule has 6 heteroatoms. The van der Waals surface area contributed by atoms with Crippen molar-refractivity contribution in [2.24, 2.45) is 11.3 Å². The third kappa shape index (κ3) is 7.15. The Balaban J connectivity index is 2.03. The van der Waals surface area contributed by atoms with Gasteiger partial charge in [-0.2, -0.15) is 0 Å². The summed E-state index contributed by atoms with van der Waals surface area (Å²) in [5.41, 5.74) is -0.412. The number of piperidine rings is 1. The summed E-state index contributed by atoms with van der Waals surface area (Å²) in [7, 11) is 0. The predicted molar refractivity (Wildman–Crippen MR) is 115 cm³/mol. The predicted octanol–water partition coefficient (Wildman–Crippen LogP) is 4.92. The van der Waals surface area contributed by atoms with E-state index in [4.69, 9.17) is 9.47 Å². The average molecular weight is 418 g/mol. The molecule has 0 spiro atoms. The molecule has 0 N–H and O–H groups in total. The third-order valence-corrected chi connectivity index (χ3v) is 5.13. The molecule has 6 nitrogen and oxygen atoms in total. The van der Waals surface area contributed by atoms with Crippen LogP contribution in [0.25, 0.3) is 0 Å². The topological polar surface area (TPSA) is 72.9 Å². The van der Waals surface area contributed by atoms with Gasteiger partial charge in [-0.15, -0.1) is 0 Å². The molecular weight excluding hydrogens is 382 g/mol. The fourth-order valence-electron chi connectivity index (χ4n) is 3.38. The fourth-order valence-corrected chi connectivity index (χ4v) is 3.38. The van der Waals surface area contributed by atoms with E-state index in [1.807, 2.05) is 51.1 Å². The van der Waals surface area contributed by atoms with Crippen molar-refractivity contribution in [1.29, 1.82) is 0 Å². The number of hydrogen-bond acceptors (Lipinski definition) is 5. The molecule has 1 amide bonds. The summed E-state index contributed by atoms with van der Waals surface area (Å²) in [4.78, 5) is 39.1. The van der Waals surface area contributed by atoms with Crippen molar-refractivity contribution in [2.75, 3.05) is 13.1 Å².